The highest BCUT2D eigenvalue weighted by molar-refractivity contribution is 6.32. The molecule has 100 valence electrons. The van der Waals surface area contributed by atoms with Crippen molar-refractivity contribution in [1.29, 1.82) is 0 Å². The molecule has 1 aliphatic heterocycles. The van der Waals surface area contributed by atoms with Gasteiger partial charge in [-0.2, -0.15) is 0 Å². The Morgan fingerprint density at radius 2 is 2.22 bits per heavy atom. The van der Waals surface area contributed by atoms with Gasteiger partial charge in [0.25, 0.3) is 0 Å². The molecule has 18 heavy (non-hydrogen) atoms. The number of hydrogen-bond acceptors (Lipinski definition) is 4. The molecule has 0 radical (unpaired) electrons. The van der Waals surface area contributed by atoms with Crippen molar-refractivity contribution in [1.82, 2.24) is 9.97 Å². The van der Waals surface area contributed by atoms with E-state index in [0.29, 0.717) is 10.8 Å². The van der Waals surface area contributed by atoms with Gasteiger partial charge in [-0.3, -0.25) is 0 Å². The van der Waals surface area contributed by atoms with Crippen LogP contribution in [0.25, 0.3) is 0 Å². The van der Waals surface area contributed by atoms with Crippen molar-refractivity contribution < 1.29 is 0 Å². The zero-order valence-corrected chi connectivity index (χ0v) is 11.7. The van der Waals surface area contributed by atoms with Crippen molar-refractivity contribution in [3.8, 4) is 0 Å². The first-order valence-corrected chi connectivity index (χ1v) is 7.11. The summed E-state index contributed by atoms with van der Waals surface area (Å²) >= 11 is 5.95. The van der Waals surface area contributed by atoms with Crippen LogP contribution in [0.5, 0.6) is 0 Å². The monoisotopic (exact) mass is 268 g/mol. The molecule has 1 saturated heterocycles. The minimum atomic E-state index is 0.356. The molecule has 5 heteroatoms. The number of rotatable bonds is 3. The second kappa shape index (κ2) is 6.23. The summed E-state index contributed by atoms with van der Waals surface area (Å²) in [6.45, 7) is 4.28. The van der Waals surface area contributed by atoms with Crippen molar-refractivity contribution in [3.05, 3.63) is 11.5 Å². The molecule has 1 fully saturated rings. The lowest BCUT2D eigenvalue weighted by Crippen LogP contribution is -2.26. The number of halogens is 1. The number of hydrogen-bond donors (Lipinski definition) is 1. The van der Waals surface area contributed by atoms with E-state index in [2.05, 4.69) is 21.8 Å². The fourth-order valence-corrected chi connectivity index (χ4v) is 2.82. The summed E-state index contributed by atoms with van der Waals surface area (Å²) in [5.74, 6) is 1.64. The second-order valence-electron chi connectivity index (χ2n) is 4.97. The number of nitrogens with two attached hydrogens (primary N) is 1. The van der Waals surface area contributed by atoms with Crippen LogP contribution in [0.2, 0.25) is 5.15 Å². The Balaban J connectivity index is 2.07. The van der Waals surface area contributed by atoms with Gasteiger partial charge in [-0.25, -0.2) is 9.97 Å². The van der Waals surface area contributed by atoms with Crippen molar-refractivity contribution >= 4 is 23.1 Å². The van der Waals surface area contributed by atoms with Gasteiger partial charge in [0.15, 0.2) is 11.0 Å². The molecule has 1 aromatic heterocycles. The van der Waals surface area contributed by atoms with Gasteiger partial charge in [-0.1, -0.05) is 31.4 Å². The average molecular weight is 269 g/mol. The van der Waals surface area contributed by atoms with Crippen LogP contribution >= 0.6 is 11.6 Å². The molecular formula is C13H21ClN4. The molecule has 0 saturated carbocycles. The summed E-state index contributed by atoms with van der Waals surface area (Å²) in [4.78, 5) is 10.4. The van der Waals surface area contributed by atoms with Crippen LogP contribution in [-0.4, -0.2) is 23.1 Å². The molecule has 1 aliphatic rings. The maximum atomic E-state index is 5.96. The summed E-state index contributed by atoms with van der Waals surface area (Å²) in [5.41, 5.74) is 6.47. The molecule has 0 aliphatic carbocycles. The van der Waals surface area contributed by atoms with E-state index in [0.717, 1.165) is 24.8 Å². The largest absolute Gasteiger partial charge is 0.393 e. The van der Waals surface area contributed by atoms with Crippen molar-refractivity contribution in [3.63, 3.8) is 0 Å². The van der Waals surface area contributed by atoms with Gasteiger partial charge in [0.2, 0.25) is 0 Å². The number of anilines is 2. The van der Waals surface area contributed by atoms with Gasteiger partial charge in [-0.05, 0) is 25.2 Å². The van der Waals surface area contributed by atoms with E-state index in [1.807, 2.05) is 0 Å². The van der Waals surface area contributed by atoms with E-state index in [4.69, 9.17) is 17.3 Å². The van der Waals surface area contributed by atoms with E-state index in [-0.39, 0.29) is 0 Å². The Bertz CT molecular complexity index is 397. The van der Waals surface area contributed by atoms with E-state index in [1.165, 1.54) is 38.4 Å². The Morgan fingerprint density at radius 3 is 3.00 bits per heavy atom. The third-order valence-electron chi connectivity index (χ3n) is 3.66. The number of nitrogen functional groups attached to an aromatic ring is 1. The molecule has 0 amide bonds. The van der Waals surface area contributed by atoms with Crippen LogP contribution in [0.1, 0.15) is 39.0 Å². The highest BCUT2D eigenvalue weighted by atomic mass is 35.5. The minimum absolute atomic E-state index is 0.356. The summed E-state index contributed by atoms with van der Waals surface area (Å²) < 4.78 is 0. The topological polar surface area (TPSA) is 55.0 Å². The van der Waals surface area contributed by atoms with Crippen molar-refractivity contribution in [2.75, 3.05) is 23.7 Å². The molecule has 1 unspecified atom stereocenters. The lowest BCUT2D eigenvalue weighted by molar-refractivity contribution is 0.435. The highest BCUT2D eigenvalue weighted by Crippen LogP contribution is 2.29. The molecule has 1 atom stereocenters. The Labute approximate surface area is 114 Å². The summed E-state index contributed by atoms with van der Waals surface area (Å²) in [6.07, 6.45) is 7.81. The van der Waals surface area contributed by atoms with E-state index >= 15 is 0 Å². The molecule has 2 heterocycles. The summed E-state index contributed by atoms with van der Waals surface area (Å²) in [7, 11) is 0. The molecule has 2 N–H and O–H groups in total. The van der Waals surface area contributed by atoms with Crippen LogP contribution in [0.15, 0.2) is 6.33 Å². The van der Waals surface area contributed by atoms with Gasteiger partial charge in [0.1, 0.15) is 12.0 Å². The Morgan fingerprint density at radius 1 is 1.39 bits per heavy atom. The zero-order valence-electron chi connectivity index (χ0n) is 10.9. The predicted octanol–water partition coefficient (Wildman–Crippen LogP) is 3.12. The smallest absolute Gasteiger partial charge is 0.157 e. The zero-order chi connectivity index (χ0) is 13.0. The van der Waals surface area contributed by atoms with Crippen LogP contribution < -0.4 is 10.6 Å². The molecule has 1 aromatic rings. The Hall–Kier alpha value is -1.03. The third kappa shape index (κ3) is 3.05. The second-order valence-corrected chi connectivity index (χ2v) is 5.33. The summed E-state index contributed by atoms with van der Waals surface area (Å²) in [6, 6.07) is 0. The van der Waals surface area contributed by atoms with E-state index in [1.54, 1.807) is 0 Å². The van der Waals surface area contributed by atoms with Gasteiger partial charge >= 0.3 is 0 Å². The molecule has 0 bridgehead atoms. The molecular weight excluding hydrogens is 248 g/mol. The number of aromatic nitrogens is 2. The van der Waals surface area contributed by atoms with Gasteiger partial charge in [0, 0.05) is 13.1 Å². The van der Waals surface area contributed by atoms with Crippen LogP contribution in [0.4, 0.5) is 11.5 Å². The summed E-state index contributed by atoms with van der Waals surface area (Å²) in [5, 5.41) is 0.356. The molecule has 0 spiro atoms. The fraction of sp³-hybridized carbons (Fsp3) is 0.692. The third-order valence-corrected chi connectivity index (χ3v) is 3.96. The standard InChI is InChI=1S/C13H21ClN4/c1-2-4-10-5-3-7-18(8-6-10)13-11(15)12(14)16-9-17-13/h9-10H,2-8,15H2,1H3. The number of nitrogens with zero attached hydrogens (tertiary/aromatic N) is 3. The first-order chi connectivity index (χ1) is 8.72. The van der Waals surface area contributed by atoms with Crippen LogP contribution in [0, 0.1) is 5.92 Å². The first kappa shape index (κ1) is 13.4. The fourth-order valence-electron chi connectivity index (χ4n) is 2.69. The van der Waals surface area contributed by atoms with Gasteiger partial charge < -0.3 is 10.6 Å². The molecule has 2 rings (SSSR count). The van der Waals surface area contributed by atoms with Crippen LogP contribution in [0.3, 0.4) is 0 Å². The Kier molecular flexibility index (Phi) is 4.64. The lowest BCUT2D eigenvalue weighted by Gasteiger charge is -2.23. The quantitative estimate of drug-likeness (QED) is 0.856. The van der Waals surface area contributed by atoms with Gasteiger partial charge in [-0.15, -0.1) is 0 Å². The average Bonchev–Trinajstić information content (AvgIpc) is 2.59. The minimum Gasteiger partial charge on any atom is -0.393 e. The SMILES string of the molecule is CCCC1CCCN(c2ncnc(Cl)c2N)CC1. The highest BCUT2D eigenvalue weighted by Gasteiger charge is 2.19. The van der Waals surface area contributed by atoms with Crippen molar-refractivity contribution in [2.45, 2.75) is 39.0 Å². The molecule has 4 nitrogen and oxygen atoms in total. The molecule has 0 aromatic carbocycles. The maximum Gasteiger partial charge on any atom is 0.157 e. The predicted molar refractivity (Wildman–Crippen MR) is 75.9 cm³/mol. The first-order valence-electron chi connectivity index (χ1n) is 6.73. The van der Waals surface area contributed by atoms with Crippen molar-refractivity contribution in [2.24, 2.45) is 5.92 Å². The van der Waals surface area contributed by atoms with E-state index in [9.17, 15) is 0 Å². The lowest BCUT2D eigenvalue weighted by atomic mass is 9.96. The normalized spacial score (nSPS) is 20.8. The maximum absolute atomic E-state index is 5.96. The van der Waals surface area contributed by atoms with Gasteiger partial charge in [0.05, 0.1) is 0 Å². The van der Waals surface area contributed by atoms with Crippen LogP contribution in [-0.2, 0) is 0 Å². The van der Waals surface area contributed by atoms with E-state index < -0.39 is 0 Å².